The highest BCUT2D eigenvalue weighted by Crippen LogP contribution is 2.23. The summed E-state index contributed by atoms with van der Waals surface area (Å²) in [6, 6.07) is 10.9. The summed E-state index contributed by atoms with van der Waals surface area (Å²) < 4.78 is 10.3. The molecule has 0 fully saturated rings. The SMILES string of the molecule is COc1cc(OC)nc(-c2ccc(NC=C(C#N)c3nn[nH]n3)cc2)n1. The first kappa shape index (κ1) is 16.8. The third-order valence-corrected chi connectivity index (χ3v) is 3.33. The van der Waals surface area contributed by atoms with Crippen molar-refractivity contribution in [3.63, 3.8) is 0 Å². The number of methoxy groups -OCH3 is 2. The summed E-state index contributed by atoms with van der Waals surface area (Å²) in [5, 5.41) is 25.4. The molecule has 0 atom stereocenters. The molecule has 0 saturated carbocycles. The summed E-state index contributed by atoms with van der Waals surface area (Å²) in [5.74, 6) is 1.52. The van der Waals surface area contributed by atoms with Gasteiger partial charge in [0.2, 0.25) is 17.6 Å². The molecule has 2 aromatic heterocycles. The number of nitrogens with one attached hydrogen (secondary N) is 2. The van der Waals surface area contributed by atoms with Crippen LogP contribution in [-0.2, 0) is 0 Å². The van der Waals surface area contributed by atoms with Crippen molar-refractivity contribution in [2.45, 2.75) is 0 Å². The second kappa shape index (κ2) is 7.71. The van der Waals surface area contributed by atoms with Gasteiger partial charge in [-0.2, -0.15) is 20.4 Å². The first-order chi connectivity index (χ1) is 12.7. The first-order valence-corrected chi connectivity index (χ1v) is 7.41. The topological polar surface area (TPSA) is 135 Å². The summed E-state index contributed by atoms with van der Waals surface area (Å²) >= 11 is 0. The number of tetrazole rings is 1. The number of ether oxygens (including phenoxy) is 2. The molecule has 0 bridgehead atoms. The van der Waals surface area contributed by atoms with E-state index in [4.69, 9.17) is 14.7 Å². The van der Waals surface area contributed by atoms with Gasteiger partial charge in [0.15, 0.2) is 5.82 Å². The van der Waals surface area contributed by atoms with E-state index in [1.807, 2.05) is 30.3 Å². The van der Waals surface area contributed by atoms with E-state index in [1.54, 1.807) is 6.07 Å². The molecule has 0 aliphatic rings. The van der Waals surface area contributed by atoms with Crippen LogP contribution in [0.25, 0.3) is 17.0 Å². The average Bonchev–Trinajstić information content (AvgIpc) is 3.23. The molecule has 2 N–H and O–H groups in total. The van der Waals surface area contributed by atoms with Crippen molar-refractivity contribution in [2.24, 2.45) is 0 Å². The Morgan fingerprint density at radius 3 is 2.38 bits per heavy atom. The predicted octanol–water partition coefficient (Wildman–Crippen LogP) is 1.65. The number of aromatic amines is 1. The Morgan fingerprint density at radius 2 is 1.85 bits per heavy atom. The molecule has 2 heterocycles. The Labute approximate surface area is 148 Å². The third kappa shape index (κ3) is 3.73. The molecule has 3 aromatic rings. The molecule has 0 amide bonds. The lowest BCUT2D eigenvalue weighted by molar-refractivity contribution is 0.372. The van der Waals surface area contributed by atoms with E-state index in [0.29, 0.717) is 17.6 Å². The highest BCUT2D eigenvalue weighted by molar-refractivity contribution is 5.74. The Hall–Kier alpha value is -4.00. The molecule has 0 aliphatic heterocycles. The minimum atomic E-state index is 0.216. The Morgan fingerprint density at radius 1 is 1.15 bits per heavy atom. The van der Waals surface area contributed by atoms with Gasteiger partial charge in [-0.15, -0.1) is 10.2 Å². The molecule has 0 unspecified atom stereocenters. The van der Waals surface area contributed by atoms with Crippen LogP contribution in [0.4, 0.5) is 5.69 Å². The summed E-state index contributed by atoms with van der Waals surface area (Å²) in [5.41, 5.74) is 1.80. The van der Waals surface area contributed by atoms with Crippen LogP contribution in [0.5, 0.6) is 11.8 Å². The van der Waals surface area contributed by atoms with Crippen molar-refractivity contribution in [3.05, 3.63) is 42.4 Å². The van der Waals surface area contributed by atoms with Crippen LogP contribution in [-0.4, -0.2) is 44.8 Å². The van der Waals surface area contributed by atoms with E-state index >= 15 is 0 Å². The van der Waals surface area contributed by atoms with Crippen molar-refractivity contribution in [1.82, 2.24) is 30.6 Å². The average molecular weight is 350 g/mol. The Balaban J connectivity index is 1.80. The van der Waals surface area contributed by atoms with E-state index in [2.05, 4.69) is 35.9 Å². The van der Waals surface area contributed by atoms with Gasteiger partial charge in [-0.3, -0.25) is 0 Å². The molecule has 1 aromatic carbocycles. The van der Waals surface area contributed by atoms with Gasteiger partial charge in [0, 0.05) is 17.5 Å². The van der Waals surface area contributed by atoms with Gasteiger partial charge in [0.1, 0.15) is 11.6 Å². The number of aromatic nitrogens is 6. The van der Waals surface area contributed by atoms with Gasteiger partial charge in [-0.1, -0.05) is 0 Å². The van der Waals surface area contributed by atoms with Crippen LogP contribution in [0.3, 0.4) is 0 Å². The van der Waals surface area contributed by atoms with Crippen LogP contribution >= 0.6 is 0 Å². The fourth-order valence-corrected chi connectivity index (χ4v) is 2.04. The molecule has 0 spiro atoms. The molecule has 3 rings (SSSR count). The first-order valence-electron chi connectivity index (χ1n) is 7.41. The maximum atomic E-state index is 9.15. The fraction of sp³-hybridized carbons (Fsp3) is 0.125. The zero-order chi connectivity index (χ0) is 18.4. The number of hydrogen-bond donors (Lipinski definition) is 2. The van der Waals surface area contributed by atoms with Crippen molar-refractivity contribution in [2.75, 3.05) is 19.5 Å². The van der Waals surface area contributed by atoms with Gasteiger partial charge >= 0.3 is 0 Å². The highest BCUT2D eigenvalue weighted by Gasteiger charge is 2.08. The van der Waals surface area contributed by atoms with Crippen LogP contribution < -0.4 is 14.8 Å². The molecular weight excluding hydrogens is 336 g/mol. The monoisotopic (exact) mass is 350 g/mol. The molecule has 10 nitrogen and oxygen atoms in total. The third-order valence-electron chi connectivity index (χ3n) is 3.33. The Bertz CT molecular complexity index is 923. The number of rotatable bonds is 6. The number of H-pyrrole nitrogens is 1. The largest absolute Gasteiger partial charge is 0.481 e. The van der Waals surface area contributed by atoms with Gasteiger partial charge in [-0.05, 0) is 29.5 Å². The number of allylic oxidation sites excluding steroid dienone is 1. The molecule has 0 radical (unpaired) electrons. The van der Waals surface area contributed by atoms with Crippen LogP contribution in [0.2, 0.25) is 0 Å². The number of anilines is 1. The summed E-state index contributed by atoms with van der Waals surface area (Å²) in [7, 11) is 3.06. The highest BCUT2D eigenvalue weighted by atomic mass is 16.5. The molecular formula is C16H14N8O2. The van der Waals surface area contributed by atoms with Gasteiger partial charge < -0.3 is 14.8 Å². The molecule has 0 aliphatic carbocycles. The summed E-state index contributed by atoms with van der Waals surface area (Å²) in [6.45, 7) is 0. The second-order valence-corrected chi connectivity index (χ2v) is 4.90. The molecule has 130 valence electrons. The molecule has 0 saturated heterocycles. The zero-order valence-corrected chi connectivity index (χ0v) is 14.0. The lowest BCUT2D eigenvalue weighted by atomic mass is 10.2. The second-order valence-electron chi connectivity index (χ2n) is 4.90. The summed E-state index contributed by atoms with van der Waals surface area (Å²) in [6.07, 6.45) is 1.50. The standard InChI is InChI=1S/C16H14N8O2/c1-25-13-7-14(26-2)20-15(19-13)10-3-5-12(6-4-10)18-9-11(8-17)16-21-23-24-22-16/h3-7,9,18H,1-2H3,(H,21,22,23,24). The quantitative estimate of drug-likeness (QED) is 0.636. The number of nitrogens with zero attached hydrogens (tertiary/aromatic N) is 6. The maximum Gasteiger partial charge on any atom is 0.220 e. The smallest absolute Gasteiger partial charge is 0.220 e. The molecule has 26 heavy (non-hydrogen) atoms. The van der Waals surface area contributed by atoms with Crippen LogP contribution in [0.1, 0.15) is 5.82 Å². The van der Waals surface area contributed by atoms with Crippen LogP contribution in [0, 0.1) is 11.3 Å². The van der Waals surface area contributed by atoms with Gasteiger partial charge in [-0.25, -0.2) is 0 Å². The lowest BCUT2D eigenvalue weighted by Crippen LogP contribution is -1.97. The summed E-state index contributed by atoms with van der Waals surface area (Å²) in [4.78, 5) is 8.61. The number of nitriles is 1. The van der Waals surface area contributed by atoms with E-state index in [-0.39, 0.29) is 11.4 Å². The zero-order valence-electron chi connectivity index (χ0n) is 14.0. The maximum absolute atomic E-state index is 9.15. The molecule has 10 heteroatoms. The fourth-order valence-electron chi connectivity index (χ4n) is 2.04. The van der Waals surface area contributed by atoms with Crippen molar-refractivity contribution in [1.29, 1.82) is 5.26 Å². The number of hydrogen-bond acceptors (Lipinski definition) is 9. The Kier molecular flexibility index (Phi) is 5.00. The normalized spacial score (nSPS) is 10.9. The van der Waals surface area contributed by atoms with Gasteiger partial charge in [0.05, 0.1) is 20.3 Å². The van der Waals surface area contributed by atoms with E-state index in [0.717, 1.165) is 11.3 Å². The van der Waals surface area contributed by atoms with Gasteiger partial charge in [0.25, 0.3) is 0 Å². The van der Waals surface area contributed by atoms with Crippen molar-refractivity contribution in [3.8, 4) is 29.2 Å². The minimum absolute atomic E-state index is 0.216. The minimum Gasteiger partial charge on any atom is -0.481 e. The lowest BCUT2D eigenvalue weighted by Gasteiger charge is -2.07. The van der Waals surface area contributed by atoms with Crippen molar-refractivity contribution >= 4 is 11.3 Å². The van der Waals surface area contributed by atoms with E-state index < -0.39 is 0 Å². The van der Waals surface area contributed by atoms with Crippen LogP contribution in [0.15, 0.2) is 36.5 Å². The predicted molar refractivity (Wildman–Crippen MR) is 92.0 cm³/mol. The van der Waals surface area contributed by atoms with Crippen molar-refractivity contribution < 1.29 is 9.47 Å². The van der Waals surface area contributed by atoms with E-state index in [9.17, 15) is 0 Å². The number of benzene rings is 1. The van der Waals surface area contributed by atoms with E-state index in [1.165, 1.54) is 20.4 Å².